The fourth-order valence-electron chi connectivity index (χ4n) is 2.14. The summed E-state index contributed by atoms with van der Waals surface area (Å²) in [5.41, 5.74) is 0.689. The van der Waals surface area contributed by atoms with E-state index >= 15 is 0 Å². The Morgan fingerprint density at radius 1 is 1.00 bits per heavy atom. The molecule has 1 heterocycles. The van der Waals surface area contributed by atoms with Crippen LogP contribution < -0.4 is 20.1 Å². The minimum absolute atomic E-state index is 0.106. The van der Waals surface area contributed by atoms with Crippen molar-refractivity contribution in [3.05, 3.63) is 47.8 Å². The van der Waals surface area contributed by atoms with Crippen LogP contribution in [0.15, 0.2) is 36.4 Å². The van der Waals surface area contributed by atoms with Crippen molar-refractivity contribution in [3.63, 3.8) is 0 Å². The number of hydrogen-bond donors (Lipinski definition) is 2. The van der Waals surface area contributed by atoms with Crippen LogP contribution in [0.3, 0.4) is 0 Å². The van der Waals surface area contributed by atoms with Crippen molar-refractivity contribution in [2.24, 2.45) is 0 Å². The van der Waals surface area contributed by atoms with E-state index < -0.39 is 5.91 Å². The Morgan fingerprint density at radius 2 is 1.73 bits per heavy atom. The van der Waals surface area contributed by atoms with Gasteiger partial charge < -0.3 is 24.8 Å². The van der Waals surface area contributed by atoms with Crippen molar-refractivity contribution in [1.82, 2.24) is 10.3 Å². The molecule has 0 aliphatic rings. The number of amides is 2. The second-order valence-corrected chi connectivity index (χ2v) is 5.18. The van der Waals surface area contributed by atoms with Gasteiger partial charge in [0.1, 0.15) is 22.9 Å². The van der Waals surface area contributed by atoms with Crippen molar-refractivity contribution >= 4 is 17.5 Å². The van der Waals surface area contributed by atoms with Gasteiger partial charge in [-0.25, -0.2) is 4.98 Å². The molecule has 0 saturated heterocycles. The number of aromatic nitrogens is 1. The molecule has 1 aromatic carbocycles. The quantitative estimate of drug-likeness (QED) is 0.697. The van der Waals surface area contributed by atoms with Gasteiger partial charge in [-0.15, -0.1) is 0 Å². The summed E-state index contributed by atoms with van der Waals surface area (Å²) in [6, 6.07) is 9.69. The Kier molecular flexibility index (Phi) is 6.92. The van der Waals surface area contributed by atoms with Crippen LogP contribution in [-0.2, 0) is 4.74 Å². The van der Waals surface area contributed by atoms with Gasteiger partial charge >= 0.3 is 0 Å². The Hall–Kier alpha value is -3.13. The van der Waals surface area contributed by atoms with E-state index in [1.165, 1.54) is 26.4 Å². The SMILES string of the molecule is COCCNC(=O)c1cccc(C(=O)Nc2cc(OC)ccc2OC)n1. The standard InChI is InChI=1S/C18H21N3O5/c1-24-10-9-19-17(22)13-5-4-6-14(20-13)18(23)21-15-11-12(25-2)7-8-16(15)26-3/h4-8,11H,9-10H2,1-3H3,(H,19,22)(H,21,23). The number of hydrogen-bond acceptors (Lipinski definition) is 6. The Bertz CT molecular complexity index is 779. The third-order valence-electron chi connectivity index (χ3n) is 3.46. The van der Waals surface area contributed by atoms with Crippen LogP contribution in [0.2, 0.25) is 0 Å². The highest BCUT2D eigenvalue weighted by atomic mass is 16.5. The third kappa shape index (κ3) is 4.93. The van der Waals surface area contributed by atoms with Gasteiger partial charge in [0.25, 0.3) is 11.8 Å². The van der Waals surface area contributed by atoms with E-state index in [0.29, 0.717) is 30.3 Å². The zero-order valence-electron chi connectivity index (χ0n) is 14.9. The number of carbonyl (C=O) groups is 2. The minimum Gasteiger partial charge on any atom is -0.497 e. The lowest BCUT2D eigenvalue weighted by molar-refractivity contribution is 0.0932. The first-order valence-corrected chi connectivity index (χ1v) is 7.86. The molecule has 2 rings (SSSR count). The summed E-state index contributed by atoms with van der Waals surface area (Å²) in [6.07, 6.45) is 0. The topological polar surface area (TPSA) is 98.8 Å². The van der Waals surface area contributed by atoms with Crippen LogP contribution in [-0.4, -0.2) is 51.3 Å². The van der Waals surface area contributed by atoms with Gasteiger partial charge in [-0.2, -0.15) is 0 Å². The molecule has 138 valence electrons. The van der Waals surface area contributed by atoms with Crippen LogP contribution in [0.25, 0.3) is 0 Å². The molecule has 2 aromatic rings. The number of nitrogens with zero attached hydrogens (tertiary/aromatic N) is 1. The first-order valence-electron chi connectivity index (χ1n) is 7.86. The van der Waals surface area contributed by atoms with E-state index in [1.807, 2.05) is 0 Å². The van der Waals surface area contributed by atoms with E-state index in [-0.39, 0.29) is 17.3 Å². The summed E-state index contributed by atoms with van der Waals surface area (Å²) in [6.45, 7) is 0.746. The highest BCUT2D eigenvalue weighted by Gasteiger charge is 2.14. The molecule has 2 N–H and O–H groups in total. The largest absolute Gasteiger partial charge is 0.497 e. The number of benzene rings is 1. The molecule has 2 amide bonds. The van der Waals surface area contributed by atoms with Crippen molar-refractivity contribution in [3.8, 4) is 11.5 Å². The molecule has 0 aliphatic carbocycles. The normalized spacial score (nSPS) is 10.1. The fraction of sp³-hybridized carbons (Fsp3) is 0.278. The maximum Gasteiger partial charge on any atom is 0.274 e. The zero-order chi connectivity index (χ0) is 18.9. The van der Waals surface area contributed by atoms with E-state index in [9.17, 15) is 9.59 Å². The summed E-state index contributed by atoms with van der Waals surface area (Å²) in [5.74, 6) is 0.201. The van der Waals surface area contributed by atoms with Crippen molar-refractivity contribution in [2.75, 3.05) is 39.8 Å². The second kappa shape index (κ2) is 9.38. The number of pyridine rings is 1. The van der Waals surface area contributed by atoms with Gasteiger partial charge in [-0.1, -0.05) is 6.07 Å². The van der Waals surface area contributed by atoms with Gasteiger partial charge in [0.15, 0.2) is 0 Å². The second-order valence-electron chi connectivity index (χ2n) is 5.18. The van der Waals surface area contributed by atoms with Crippen LogP contribution in [0.5, 0.6) is 11.5 Å². The fourth-order valence-corrected chi connectivity index (χ4v) is 2.14. The monoisotopic (exact) mass is 359 g/mol. The summed E-state index contributed by atoms with van der Waals surface area (Å²) in [7, 11) is 4.57. The number of carbonyl (C=O) groups excluding carboxylic acids is 2. The maximum absolute atomic E-state index is 12.5. The predicted molar refractivity (Wildman–Crippen MR) is 95.9 cm³/mol. The van der Waals surface area contributed by atoms with Gasteiger partial charge in [-0.05, 0) is 24.3 Å². The minimum atomic E-state index is -0.469. The van der Waals surface area contributed by atoms with Gasteiger partial charge in [-0.3, -0.25) is 9.59 Å². The molecule has 0 spiro atoms. The molecule has 0 aliphatic heterocycles. The van der Waals surface area contributed by atoms with Gasteiger partial charge in [0.2, 0.25) is 0 Å². The third-order valence-corrected chi connectivity index (χ3v) is 3.46. The lowest BCUT2D eigenvalue weighted by atomic mass is 10.2. The Balaban J connectivity index is 2.15. The van der Waals surface area contributed by atoms with E-state index in [0.717, 1.165) is 0 Å². The lowest BCUT2D eigenvalue weighted by Gasteiger charge is -2.12. The highest BCUT2D eigenvalue weighted by molar-refractivity contribution is 6.04. The van der Waals surface area contributed by atoms with Crippen LogP contribution in [0, 0.1) is 0 Å². The molecule has 26 heavy (non-hydrogen) atoms. The molecule has 1 aromatic heterocycles. The highest BCUT2D eigenvalue weighted by Crippen LogP contribution is 2.29. The lowest BCUT2D eigenvalue weighted by Crippen LogP contribution is -2.28. The summed E-state index contributed by atoms with van der Waals surface area (Å²) in [5, 5.41) is 5.37. The Labute approximate surface area is 151 Å². The van der Waals surface area contributed by atoms with Crippen molar-refractivity contribution < 1.29 is 23.8 Å². The first-order chi connectivity index (χ1) is 12.6. The zero-order valence-corrected chi connectivity index (χ0v) is 14.9. The van der Waals surface area contributed by atoms with E-state index in [2.05, 4.69) is 15.6 Å². The predicted octanol–water partition coefficient (Wildman–Crippen LogP) is 1.73. The molecule has 0 unspecified atom stereocenters. The average Bonchev–Trinajstić information content (AvgIpc) is 2.68. The molecule has 0 atom stereocenters. The van der Waals surface area contributed by atoms with Crippen LogP contribution >= 0.6 is 0 Å². The number of ether oxygens (including phenoxy) is 3. The van der Waals surface area contributed by atoms with Crippen molar-refractivity contribution in [1.29, 1.82) is 0 Å². The van der Waals surface area contributed by atoms with Crippen LogP contribution in [0.1, 0.15) is 21.0 Å². The summed E-state index contributed by atoms with van der Waals surface area (Å²) >= 11 is 0. The smallest absolute Gasteiger partial charge is 0.274 e. The molecular weight excluding hydrogens is 338 g/mol. The molecule has 0 saturated carbocycles. The molecule has 0 bridgehead atoms. The summed E-state index contributed by atoms with van der Waals surface area (Å²) in [4.78, 5) is 28.6. The number of methoxy groups -OCH3 is 3. The van der Waals surface area contributed by atoms with Gasteiger partial charge in [0.05, 0.1) is 26.5 Å². The molecule has 8 nitrogen and oxygen atoms in total. The molecule has 0 fully saturated rings. The average molecular weight is 359 g/mol. The summed E-state index contributed by atoms with van der Waals surface area (Å²) < 4.78 is 15.3. The van der Waals surface area contributed by atoms with E-state index in [4.69, 9.17) is 14.2 Å². The number of nitrogens with one attached hydrogen (secondary N) is 2. The number of rotatable bonds is 8. The molecular formula is C18H21N3O5. The van der Waals surface area contributed by atoms with Crippen molar-refractivity contribution in [2.45, 2.75) is 0 Å². The maximum atomic E-state index is 12.5. The Morgan fingerprint density at radius 3 is 2.38 bits per heavy atom. The first kappa shape index (κ1) is 19.2. The van der Waals surface area contributed by atoms with Crippen LogP contribution in [0.4, 0.5) is 5.69 Å². The molecule has 0 radical (unpaired) electrons. The number of anilines is 1. The molecule has 8 heteroatoms. The van der Waals surface area contributed by atoms with E-state index in [1.54, 1.807) is 31.4 Å². The van der Waals surface area contributed by atoms with Gasteiger partial charge in [0, 0.05) is 19.7 Å².